The van der Waals surface area contributed by atoms with Crippen LogP contribution in [0.1, 0.15) is 19.4 Å². The Morgan fingerprint density at radius 2 is 1.48 bits per heavy atom. The van der Waals surface area contributed by atoms with Crippen molar-refractivity contribution in [2.45, 2.75) is 24.8 Å². The molecule has 0 unspecified atom stereocenters. The Hall–Kier alpha value is -2.14. The number of nitrogens with zero attached hydrogens (tertiary/aromatic N) is 1. The van der Waals surface area contributed by atoms with Gasteiger partial charge in [0, 0.05) is 5.56 Å². The van der Waals surface area contributed by atoms with Gasteiger partial charge in [-0.3, -0.25) is 0 Å². The van der Waals surface area contributed by atoms with Crippen LogP contribution in [0.5, 0.6) is 0 Å². The molecule has 0 spiro atoms. The third-order valence-corrected chi connectivity index (χ3v) is 3.89. The van der Waals surface area contributed by atoms with E-state index in [-0.39, 0.29) is 16.9 Å². The van der Waals surface area contributed by atoms with Crippen molar-refractivity contribution in [1.29, 1.82) is 0 Å². The Labute approximate surface area is 125 Å². The van der Waals surface area contributed by atoms with Crippen molar-refractivity contribution in [2.24, 2.45) is 4.40 Å². The second-order valence-corrected chi connectivity index (χ2v) is 6.32. The molecule has 4 nitrogen and oxygen atoms in total. The highest BCUT2D eigenvalue weighted by molar-refractivity contribution is 7.90. The van der Waals surface area contributed by atoms with Crippen LogP contribution in [0.15, 0.2) is 70.0 Å². The molecule has 0 bridgehead atoms. The number of hydrogen-bond donors (Lipinski definition) is 0. The first kappa shape index (κ1) is 15.3. The van der Waals surface area contributed by atoms with Crippen LogP contribution in [-0.2, 0) is 14.8 Å². The van der Waals surface area contributed by atoms with Gasteiger partial charge in [0.1, 0.15) is 0 Å². The monoisotopic (exact) mass is 303 g/mol. The molecule has 0 fully saturated rings. The van der Waals surface area contributed by atoms with Gasteiger partial charge in [-0.1, -0.05) is 36.4 Å². The molecule has 2 aromatic rings. The second-order valence-electron chi connectivity index (χ2n) is 4.72. The minimum Gasteiger partial charge on any atom is -0.474 e. The lowest BCUT2D eigenvalue weighted by molar-refractivity contribution is 0.230. The van der Waals surface area contributed by atoms with Crippen molar-refractivity contribution in [2.75, 3.05) is 0 Å². The van der Waals surface area contributed by atoms with E-state index in [9.17, 15) is 8.42 Å². The Kier molecular flexibility index (Phi) is 4.75. The van der Waals surface area contributed by atoms with E-state index in [1.54, 1.807) is 30.3 Å². The van der Waals surface area contributed by atoms with Gasteiger partial charge >= 0.3 is 0 Å². The first-order valence-electron chi connectivity index (χ1n) is 6.61. The molecule has 0 radical (unpaired) electrons. The summed E-state index contributed by atoms with van der Waals surface area (Å²) in [5, 5.41) is 0. The molecule has 0 atom stereocenters. The minimum absolute atomic E-state index is 0.106. The molecule has 2 rings (SSSR count). The highest BCUT2D eigenvalue weighted by atomic mass is 32.2. The molecule has 0 aromatic heterocycles. The summed E-state index contributed by atoms with van der Waals surface area (Å²) >= 11 is 0. The van der Waals surface area contributed by atoms with Crippen molar-refractivity contribution in [3.63, 3.8) is 0 Å². The lowest BCUT2D eigenvalue weighted by Crippen LogP contribution is -2.15. The molecule has 0 N–H and O–H groups in total. The molecular weight excluding hydrogens is 286 g/mol. The number of rotatable bonds is 4. The zero-order valence-corrected chi connectivity index (χ0v) is 12.7. The Morgan fingerprint density at radius 3 is 2.00 bits per heavy atom. The van der Waals surface area contributed by atoms with Gasteiger partial charge in [0.25, 0.3) is 10.0 Å². The maximum absolute atomic E-state index is 12.3. The number of benzene rings is 2. The largest absolute Gasteiger partial charge is 0.474 e. The fraction of sp³-hybridized carbons (Fsp3) is 0.188. The summed E-state index contributed by atoms with van der Waals surface area (Å²) in [6.45, 7) is 3.65. The van der Waals surface area contributed by atoms with E-state index >= 15 is 0 Å². The first-order chi connectivity index (χ1) is 9.99. The second kappa shape index (κ2) is 6.54. The molecule has 5 heteroatoms. The zero-order valence-electron chi connectivity index (χ0n) is 11.9. The van der Waals surface area contributed by atoms with Crippen LogP contribution in [0.25, 0.3) is 0 Å². The summed E-state index contributed by atoms with van der Waals surface area (Å²) in [4.78, 5) is 0.144. The Bertz CT molecular complexity index is 708. The van der Waals surface area contributed by atoms with Gasteiger partial charge in [-0.25, -0.2) is 0 Å². The lowest BCUT2D eigenvalue weighted by atomic mass is 10.2. The van der Waals surface area contributed by atoms with Gasteiger partial charge in [0.05, 0.1) is 11.0 Å². The van der Waals surface area contributed by atoms with Gasteiger partial charge in [-0.15, -0.1) is 4.40 Å². The van der Waals surface area contributed by atoms with Crippen molar-refractivity contribution in [1.82, 2.24) is 0 Å². The topological polar surface area (TPSA) is 55.7 Å². The van der Waals surface area contributed by atoms with E-state index in [0.717, 1.165) is 0 Å². The summed E-state index contributed by atoms with van der Waals surface area (Å²) < 4.78 is 34.1. The summed E-state index contributed by atoms with van der Waals surface area (Å²) in [7, 11) is -3.79. The summed E-state index contributed by atoms with van der Waals surface area (Å²) in [5.41, 5.74) is 0.630. The van der Waals surface area contributed by atoms with Crippen LogP contribution >= 0.6 is 0 Å². The van der Waals surface area contributed by atoms with Gasteiger partial charge in [0.2, 0.25) is 5.90 Å². The van der Waals surface area contributed by atoms with Crippen LogP contribution < -0.4 is 0 Å². The van der Waals surface area contributed by atoms with Crippen LogP contribution in [0.2, 0.25) is 0 Å². The zero-order chi connectivity index (χ0) is 15.3. The van der Waals surface area contributed by atoms with Crippen LogP contribution in [0.3, 0.4) is 0 Å². The molecule has 0 heterocycles. The third-order valence-electron chi connectivity index (χ3n) is 2.61. The minimum atomic E-state index is -3.79. The summed E-state index contributed by atoms with van der Waals surface area (Å²) in [5.74, 6) is 0.106. The van der Waals surface area contributed by atoms with Crippen molar-refractivity contribution < 1.29 is 13.2 Å². The molecule has 0 saturated heterocycles. The van der Waals surface area contributed by atoms with E-state index in [4.69, 9.17) is 4.74 Å². The first-order valence-corrected chi connectivity index (χ1v) is 8.05. The molecule has 110 valence electrons. The smallest absolute Gasteiger partial charge is 0.285 e. The predicted molar refractivity (Wildman–Crippen MR) is 82.8 cm³/mol. The SMILES string of the molecule is CC(C)OC(=NS(=O)(=O)c1ccccc1)c1ccccc1. The van der Waals surface area contributed by atoms with Crippen molar-refractivity contribution >= 4 is 15.9 Å². The average molecular weight is 303 g/mol. The Morgan fingerprint density at radius 1 is 0.952 bits per heavy atom. The quantitative estimate of drug-likeness (QED) is 0.643. The normalized spacial score (nSPS) is 12.4. The van der Waals surface area contributed by atoms with Crippen LogP contribution in [0, 0.1) is 0 Å². The maximum Gasteiger partial charge on any atom is 0.285 e. The van der Waals surface area contributed by atoms with E-state index in [1.165, 1.54) is 12.1 Å². The Balaban J connectivity index is 2.46. The van der Waals surface area contributed by atoms with Crippen LogP contribution in [0.4, 0.5) is 0 Å². The number of sulfonamides is 1. The fourth-order valence-corrected chi connectivity index (χ4v) is 2.67. The fourth-order valence-electron chi connectivity index (χ4n) is 1.70. The molecular formula is C16H17NO3S. The van der Waals surface area contributed by atoms with Gasteiger partial charge < -0.3 is 4.74 Å². The lowest BCUT2D eigenvalue weighted by Gasteiger charge is -2.12. The summed E-state index contributed by atoms with van der Waals surface area (Å²) in [6, 6.07) is 17.1. The highest BCUT2D eigenvalue weighted by Crippen LogP contribution is 2.14. The molecule has 0 aliphatic heterocycles. The van der Waals surface area contributed by atoms with Crippen molar-refractivity contribution in [3.8, 4) is 0 Å². The van der Waals surface area contributed by atoms with E-state index in [1.807, 2.05) is 32.0 Å². The molecule has 0 amide bonds. The van der Waals surface area contributed by atoms with Crippen molar-refractivity contribution in [3.05, 3.63) is 66.2 Å². The highest BCUT2D eigenvalue weighted by Gasteiger charge is 2.16. The third kappa shape index (κ3) is 4.16. The van der Waals surface area contributed by atoms with E-state index in [2.05, 4.69) is 4.40 Å². The molecule has 0 aliphatic carbocycles. The number of ether oxygens (including phenoxy) is 1. The van der Waals surface area contributed by atoms with Gasteiger partial charge in [0.15, 0.2) is 0 Å². The van der Waals surface area contributed by atoms with Gasteiger partial charge in [-0.05, 0) is 38.1 Å². The molecule has 0 aliphatic rings. The molecule has 2 aromatic carbocycles. The molecule has 0 saturated carbocycles. The number of hydrogen-bond acceptors (Lipinski definition) is 3. The average Bonchev–Trinajstić information content (AvgIpc) is 2.48. The van der Waals surface area contributed by atoms with Crippen LogP contribution in [-0.4, -0.2) is 20.4 Å². The predicted octanol–water partition coefficient (Wildman–Crippen LogP) is 3.25. The van der Waals surface area contributed by atoms with Gasteiger partial charge in [-0.2, -0.15) is 8.42 Å². The standard InChI is InChI=1S/C16H17NO3S/c1-13(2)20-16(14-9-5-3-6-10-14)17-21(18,19)15-11-7-4-8-12-15/h3-13H,1-2H3. The van der Waals surface area contributed by atoms with E-state index < -0.39 is 10.0 Å². The van der Waals surface area contributed by atoms with E-state index in [0.29, 0.717) is 5.56 Å². The molecule has 21 heavy (non-hydrogen) atoms. The maximum atomic E-state index is 12.3. The summed E-state index contributed by atoms with van der Waals surface area (Å²) in [6.07, 6.45) is -0.171.